The minimum Gasteiger partial charge on any atom is -0.393 e. The summed E-state index contributed by atoms with van der Waals surface area (Å²) < 4.78 is 27.3. The lowest BCUT2D eigenvalue weighted by molar-refractivity contribution is 0.312. The molecule has 0 saturated carbocycles. The highest BCUT2D eigenvalue weighted by molar-refractivity contribution is 9.10. The fourth-order valence-electron chi connectivity index (χ4n) is 2.17. The van der Waals surface area contributed by atoms with Crippen LogP contribution in [0.25, 0.3) is 0 Å². The predicted molar refractivity (Wildman–Crippen MR) is 82.4 cm³/mol. The minimum absolute atomic E-state index is 0.0225. The van der Waals surface area contributed by atoms with Crippen molar-refractivity contribution in [1.29, 1.82) is 0 Å². The number of nitrogens with two attached hydrogens (primary N) is 1. The van der Waals surface area contributed by atoms with Gasteiger partial charge in [0.15, 0.2) is 0 Å². The molecule has 0 spiro atoms. The predicted octanol–water partition coefficient (Wildman–Crippen LogP) is 2.14. The van der Waals surface area contributed by atoms with Crippen LogP contribution in [0, 0.1) is 5.92 Å². The summed E-state index contributed by atoms with van der Waals surface area (Å²) in [6.07, 6.45) is 1.65. The molecule has 1 saturated heterocycles. The van der Waals surface area contributed by atoms with Gasteiger partial charge < -0.3 is 5.73 Å². The summed E-state index contributed by atoms with van der Waals surface area (Å²) in [4.78, 5) is 0.694. The van der Waals surface area contributed by atoms with E-state index in [9.17, 15) is 8.42 Å². The van der Waals surface area contributed by atoms with Crippen LogP contribution in [-0.4, -0.2) is 30.8 Å². The molecule has 1 aromatic carbocycles. The van der Waals surface area contributed by atoms with Gasteiger partial charge in [-0.25, -0.2) is 8.42 Å². The summed E-state index contributed by atoms with van der Waals surface area (Å²) in [6, 6.07) is 6.73. The molecule has 0 aliphatic carbocycles. The molecule has 1 heterocycles. The van der Waals surface area contributed by atoms with Gasteiger partial charge in [-0.2, -0.15) is 4.31 Å². The molecule has 0 bridgehead atoms. The summed E-state index contributed by atoms with van der Waals surface area (Å²) in [5.41, 5.74) is 5.64. The van der Waals surface area contributed by atoms with Crippen molar-refractivity contribution in [3.8, 4) is 0 Å². The number of sulfonamides is 1. The van der Waals surface area contributed by atoms with Gasteiger partial charge in [0.05, 0.1) is 9.88 Å². The Hall–Kier alpha value is -0.500. The normalized spacial score (nSPS) is 21.2. The van der Waals surface area contributed by atoms with Gasteiger partial charge in [0.25, 0.3) is 0 Å². The summed E-state index contributed by atoms with van der Waals surface area (Å²) in [7, 11) is -3.46. The Morgan fingerprint density at radius 2 is 2.21 bits per heavy atom. The van der Waals surface area contributed by atoms with E-state index in [4.69, 9.17) is 18.0 Å². The van der Waals surface area contributed by atoms with E-state index in [-0.39, 0.29) is 5.92 Å². The van der Waals surface area contributed by atoms with Crippen molar-refractivity contribution in [3.05, 3.63) is 28.7 Å². The van der Waals surface area contributed by atoms with Crippen molar-refractivity contribution in [2.75, 3.05) is 13.1 Å². The monoisotopic (exact) mass is 362 g/mol. The molecule has 2 rings (SSSR count). The Morgan fingerprint density at radius 3 is 2.84 bits per heavy atom. The molecule has 1 aromatic rings. The quantitative estimate of drug-likeness (QED) is 0.836. The molecule has 1 atom stereocenters. The van der Waals surface area contributed by atoms with Crippen molar-refractivity contribution in [2.24, 2.45) is 11.7 Å². The fraction of sp³-hybridized carbons (Fsp3) is 0.417. The van der Waals surface area contributed by atoms with Crippen molar-refractivity contribution in [3.63, 3.8) is 0 Å². The highest BCUT2D eigenvalue weighted by Crippen LogP contribution is 2.25. The van der Waals surface area contributed by atoms with Crippen LogP contribution in [0.5, 0.6) is 0 Å². The Bertz CT molecular complexity index is 589. The summed E-state index contributed by atoms with van der Waals surface area (Å²) in [5, 5.41) is 0. The highest BCUT2D eigenvalue weighted by atomic mass is 79.9. The fourth-order valence-corrected chi connectivity index (χ4v) is 4.48. The number of halogens is 1. The first-order chi connectivity index (χ1) is 8.91. The third-order valence-electron chi connectivity index (χ3n) is 3.22. The molecule has 1 aliphatic heterocycles. The van der Waals surface area contributed by atoms with Crippen LogP contribution in [0.4, 0.5) is 0 Å². The molecule has 2 N–H and O–H groups in total. The van der Waals surface area contributed by atoms with E-state index in [0.717, 1.165) is 17.3 Å². The van der Waals surface area contributed by atoms with Crippen LogP contribution in [-0.2, 0) is 10.0 Å². The first-order valence-corrected chi connectivity index (χ1v) is 8.60. The lowest BCUT2D eigenvalue weighted by Gasteiger charge is -2.31. The van der Waals surface area contributed by atoms with E-state index < -0.39 is 10.0 Å². The van der Waals surface area contributed by atoms with Crippen LogP contribution >= 0.6 is 28.1 Å². The molecule has 0 aromatic heterocycles. The van der Waals surface area contributed by atoms with E-state index in [0.29, 0.717) is 23.0 Å². The molecular weight excluding hydrogens is 348 g/mol. The first kappa shape index (κ1) is 14.9. The van der Waals surface area contributed by atoms with Crippen LogP contribution in [0.2, 0.25) is 0 Å². The molecule has 104 valence electrons. The van der Waals surface area contributed by atoms with Crippen LogP contribution in [0.15, 0.2) is 33.6 Å². The summed E-state index contributed by atoms with van der Waals surface area (Å²) in [6.45, 7) is 0.901. The van der Waals surface area contributed by atoms with Crippen molar-refractivity contribution >= 4 is 43.2 Å². The largest absolute Gasteiger partial charge is 0.393 e. The third-order valence-corrected chi connectivity index (χ3v) is 5.91. The second kappa shape index (κ2) is 5.87. The maximum Gasteiger partial charge on any atom is 0.243 e. The standard InChI is InChI=1S/C12H15BrN2O2S2/c13-10-4-1-5-11(7-10)19(16,17)15-6-2-3-9(8-15)12(14)18/h1,4-5,7,9H,2-3,6,8H2,(H2,14,18). The second-order valence-corrected chi connectivity index (χ2v) is 7.89. The summed E-state index contributed by atoms with van der Waals surface area (Å²) in [5.74, 6) is -0.0225. The van der Waals surface area contributed by atoms with Crippen LogP contribution < -0.4 is 5.73 Å². The van der Waals surface area contributed by atoms with Gasteiger partial charge >= 0.3 is 0 Å². The lowest BCUT2D eigenvalue weighted by atomic mass is 10.0. The number of piperidine rings is 1. The Kier molecular flexibility index (Phi) is 4.60. The Balaban J connectivity index is 2.27. The number of hydrogen-bond donors (Lipinski definition) is 1. The molecule has 1 aliphatic rings. The molecular formula is C12H15BrN2O2S2. The van der Waals surface area contributed by atoms with E-state index in [1.807, 2.05) is 0 Å². The maximum absolute atomic E-state index is 12.5. The van der Waals surface area contributed by atoms with Gasteiger partial charge in [-0.3, -0.25) is 0 Å². The number of rotatable bonds is 3. The van der Waals surface area contributed by atoms with Crippen molar-refractivity contribution in [1.82, 2.24) is 4.31 Å². The van der Waals surface area contributed by atoms with Crippen LogP contribution in [0.1, 0.15) is 12.8 Å². The Labute approximate surface area is 127 Å². The van der Waals surface area contributed by atoms with Gasteiger partial charge in [0.1, 0.15) is 0 Å². The smallest absolute Gasteiger partial charge is 0.243 e. The number of benzene rings is 1. The van der Waals surface area contributed by atoms with E-state index in [1.165, 1.54) is 4.31 Å². The number of hydrogen-bond acceptors (Lipinski definition) is 3. The molecule has 19 heavy (non-hydrogen) atoms. The zero-order chi connectivity index (χ0) is 14.0. The van der Waals surface area contributed by atoms with Crippen LogP contribution in [0.3, 0.4) is 0 Å². The zero-order valence-corrected chi connectivity index (χ0v) is 13.5. The summed E-state index contributed by atoms with van der Waals surface area (Å²) >= 11 is 8.27. The van der Waals surface area contributed by atoms with Crippen molar-refractivity contribution in [2.45, 2.75) is 17.7 Å². The Morgan fingerprint density at radius 1 is 1.47 bits per heavy atom. The van der Waals surface area contributed by atoms with Crippen molar-refractivity contribution < 1.29 is 8.42 Å². The highest BCUT2D eigenvalue weighted by Gasteiger charge is 2.31. The van der Waals surface area contributed by atoms with Gasteiger partial charge in [0, 0.05) is 23.5 Å². The molecule has 1 unspecified atom stereocenters. The molecule has 0 radical (unpaired) electrons. The van der Waals surface area contributed by atoms with E-state index >= 15 is 0 Å². The van der Waals surface area contributed by atoms with Gasteiger partial charge in [-0.15, -0.1) is 0 Å². The third kappa shape index (κ3) is 3.34. The van der Waals surface area contributed by atoms with Gasteiger partial charge in [0.2, 0.25) is 10.0 Å². The lowest BCUT2D eigenvalue weighted by Crippen LogP contribution is -2.43. The van der Waals surface area contributed by atoms with Gasteiger partial charge in [-0.05, 0) is 31.0 Å². The van der Waals surface area contributed by atoms with Gasteiger partial charge in [-0.1, -0.05) is 34.2 Å². The molecule has 4 nitrogen and oxygen atoms in total. The molecule has 7 heteroatoms. The minimum atomic E-state index is -3.46. The zero-order valence-electron chi connectivity index (χ0n) is 10.3. The second-order valence-electron chi connectivity index (χ2n) is 4.56. The molecule has 1 fully saturated rings. The average molecular weight is 363 g/mol. The average Bonchev–Trinajstić information content (AvgIpc) is 2.39. The SMILES string of the molecule is NC(=S)C1CCCN(S(=O)(=O)c2cccc(Br)c2)C1. The molecule has 0 amide bonds. The topological polar surface area (TPSA) is 63.4 Å². The number of nitrogens with zero attached hydrogens (tertiary/aromatic N) is 1. The number of thiocarbonyl (C=S) groups is 1. The first-order valence-electron chi connectivity index (χ1n) is 5.96. The van der Waals surface area contributed by atoms with E-state index in [2.05, 4.69) is 15.9 Å². The maximum atomic E-state index is 12.5. The van der Waals surface area contributed by atoms with E-state index in [1.54, 1.807) is 24.3 Å².